The lowest BCUT2D eigenvalue weighted by atomic mass is 9.91. The van der Waals surface area contributed by atoms with E-state index < -0.39 is 23.2 Å². The SMILES string of the molecule is CCOC(=O)[C@H]1[C@H](C(=O)c2ccc(Cl)cc2)C12C(=O)Nc1ccc(Cl)cc12. The van der Waals surface area contributed by atoms with E-state index in [1.165, 1.54) is 0 Å². The molecule has 0 radical (unpaired) electrons. The molecule has 27 heavy (non-hydrogen) atoms. The number of Topliss-reactive ketones (excluding diaryl/α,β-unsaturated/α-hetero) is 1. The second-order valence-electron chi connectivity index (χ2n) is 6.59. The fraction of sp³-hybridized carbons (Fsp3) is 0.250. The van der Waals surface area contributed by atoms with Crippen LogP contribution in [0.5, 0.6) is 0 Å². The van der Waals surface area contributed by atoms with Crippen LogP contribution < -0.4 is 5.32 Å². The molecule has 1 amide bonds. The summed E-state index contributed by atoms with van der Waals surface area (Å²) in [4.78, 5) is 38.7. The number of benzene rings is 2. The monoisotopic (exact) mass is 403 g/mol. The van der Waals surface area contributed by atoms with Crippen LogP contribution in [0.25, 0.3) is 0 Å². The van der Waals surface area contributed by atoms with E-state index in [4.69, 9.17) is 27.9 Å². The van der Waals surface area contributed by atoms with Gasteiger partial charge < -0.3 is 10.1 Å². The number of carbonyl (C=O) groups excluding carboxylic acids is 3. The highest BCUT2D eigenvalue weighted by atomic mass is 35.5. The van der Waals surface area contributed by atoms with Crippen molar-refractivity contribution in [3.8, 4) is 0 Å². The van der Waals surface area contributed by atoms with Gasteiger partial charge >= 0.3 is 5.97 Å². The van der Waals surface area contributed by atoms with Gasteiger partial charge in [-0.2, -0.15) is 0 Å². The van der Waals surface area contributed by atoms with Crippen LogP contribution in [0, 0.1) is 11.8 Å². The molecule has 1 aliphatic carbocycles. The number of fused-ring (bicyclic) bond motifs is 2. The van der Waals surface area contributed by atoms with Crippen molar-refractivity contribution in [1.82, 2.24) is 0 Å². The van der Waals surface area contributed by atoms with E-state index in [0.29, 0.717) is 26.9 Å². The first-order valence-corrected chi connectivity index (χ1v) is 9.24. The maximum atomic E-state index is 13.2. The number of hydrogen-bond acceptors (Lipinski definition) is 4. The molecule has 0 bridgehead atoms. The topological polar surface area (TPSA) is 72.5 Å². The summed E-state index contributed by atoms with van der Waals surface area (Å²) < 4.78 is 5.16. The minimum atomic E-state index is -1.29. The number of hydrogen-bond donors (Lipinski definition) is 1. The van der Waals surface area contributed by atoms with Gasteiger partial charge in [0, 0.05) is 21.3 Å². The summed E-state index contributed by atoms with van der Waals surface area (Å²) in [5.74, 6) is -2.98. The van der Waals surface area contributed by atoms with Crippen molar-refractivity contribution in [2.45, 2.75) is 12.3 Å². The zero-order valence-corrected chi connectivity index (χ0v) is 15.8. The smallest absolute Gasteiger partial charge is 0.311 e. The van der Waals surface area contributed by atoms with Crippen molar-refractivity contribution in [3.05, 3.63) is 63.6 Å². The summed E-state index contributed by atoms with van der Waals surface area (Å²) >= 11 is 12.0. The first-order valence-electron chi connectivity index (χ1n) is 8.49. The Kier molecular flexibility index (Phi) is 4.24. The van der Waals surface area contributed by atoms with Crippen LogP contribution in [0.3, 0.4) is 0 Å². The van der Waals surface area contributed by atoms with E-state index in [9.17, 15) is 14.4 Å². The average Bonchev–Trinajstić information content (AvgIpc) is 3.26. The van der Waals surface area contributed by atoms with Gasteiger partial charge in [-0.3, -0.25) is 14.4 Å². The lowest BCUT2D eigenvalue weighted by Crippen LogP contribution is -2.26. The van der Waals surface area contributed by atoms with Gasteiger partial charge in [-0.15, -0.1) is 0 Å². The first-order chi connectivity index (χ1) is 12.9. The quantitative estimate of drug-likeness (QED) is 0.620. The van der Waals surface area contributed by atoms with Crippen molar-refractivity contribution in [3.63, 3.8) is 0 Å². The number of ether oxygens (including phenoxy) is 1. The van der Waals surface area contributed by atoms with E-state index in [1.54, 1.807) is 49.4 Å². The molecule has 2 aromatic rings. The summed E-state index contributed by atoms with van der Waals surface area (Å²) in [6, 6.07) is 11.3. The lowest BCUT2D eigenvalue weighted by molar-refractivity contribution is -0.146. The number of halogens is 2. The Bertz CT molecular complexity index is 972. The second-order valence-corrected chi connectivity index (χ2v) is 7.46. The van der Waals surface area contributed by atoms with Gasteiger partial charge in [0.25, 0.3) is 0 Å². The highest BCUT2D eigenvalue weighted by molar-refractivity contribution is 6.31. The molecular formula is C20H15Cl2NO4. The minimum Gasteiger partial charge on any atom is -0.466 e. The van der Waals surface area contributed by atoms with Gasteiger partial charge in [0.2, 0.25) is 5.91 Å². The standard InChI is InChI=1S/C20H15Cl2NO4/c1-2-27-18(25)16-15(17(24)10-3-5-11(21)6-4-10)20(16)13-9-12(22)7-8-14(13)23-19(20)26/h3-9,15-16H,2H2,1H3,(H,23,26)/t15-,16-,20?/m1/s1. The Labute approximate surface area is 165 Å². The van der Waals surface area contributed by atoms with E-state index >= 15 is 0 Å². The van der Waals surface area contributed by atoms with Gasteiger partial charge in [0.1, 0.15) is 5.41 Å². The van der Waals surface area contributed by atoms with Crippen LogP contribution in [0.4, 0.5) is 5.69 Å². The van der Waals surface area contributed by atoms with E-state index in [-0.39, 0.29) is 18.3 Å². The van der Waals surface area contributed by atoms with Gasteiger partial charge in [-0.05, 0) is 55.0 Å². The minimum absolute atomic E-state index is 0.164. The van der Waals surface area contributed by atoms with Gasteiger partial charge in [-0.25, -0.2) is 0 Å². The molecule has 1 saturated carbocycles. The third-order valence-corrected chi connectivity index (χ3v) is 5.70. The zero-order chi connectivity index (χ0) is 19.3. The van der Waals surface area contributed by atoms with Crippen LogP contribution in [-0.2, 0) is 19.7 Å². The Morgan fingerprint density at radius 3 is 2.41 bits per heavy atom. The van der Waals surface area contributed by atoms with Crippen molar-refractivity contribution >= 4 is 46.5 Å². The van der Waals surface area contributed by atoms with Crippen LogP contribution in [0.2, 0.25) is 10.0 Å². The Morgan fingerprint density at radius 1 is 1.07 bits per heavy atom. The maximum Gasteiger partial charge on any atom is 0.311 e. The van der Waals surface area contributed by atoms with Crippen LogP contribution in [-0.4, -0.2) is 24.3 Å². The molecule has 0 saturated heterocycles. The van der Waals surface area contributed by atoms with E-state index in [1.807, 2.05) is 0 Å². The normalized spacial score (nSPS) is 25.1. The Morgan fingerprint density at radius 2 is 1.74 bits per heavy atom. The fourth-order valence-corrected chi connectivity index (χ4v) is 4.33. The molecule has 2 aromatic carbocycles. The van der Waals surface area contributed by atoms with E-state index in [2.05, 4.69) is 5.32 Å². The van der Waals surface area contributed by atoms with Crippen molar-refractivity contribution in [2.75, 3.05) is 11.9 Å². The number of rotatable bonds is 4. The van der Waals surface area contributed by atoms with E-state index in [0.717, 1.165) is 0 Å². The average molecular weight is 404 g/mol. The molecule has 3 atom stereocenters. The molecule has 138 valence electrons. The van der Waals surface area contributed by atoms with Gasteiger partial charge in [0.05, 0.1) is 18.4 Å². The molecule has 1 spiro atoms. The molecule has 1 unspecified atom stereocenters. The van der Waals surface area contributed by atoms with Gasteiger partial charge in [-0.1, -0.05) is 23.2 Å². The molecule has 1 N–H and O–H groups in total. The van der Waals surface area contributed by atoms with Crippen LogP contribution in [0.1, 0.15) is 22.8 Å². The maximum absolute atomic E-state index is 13.2. The number of carbonyl (C=O) groups is 3. The number of amides is 1. The number of anilines is 1. The molecule has 5 nitrogen and oxygen atoms in total. The molecule has 1 fully saturated rings. The molecule has 0 aromatic heterocycles. The fourth-order valence-electron chi connectivity index (χ4n) is 4.03. The lowest BCUT2D eigenvalue weighted by Gasteiger charge is -2.09. The summed E-state index contributed by atoms with van der Waals surface area (Å²) in [6.45, 7) is 1.85. The molecule has 4 rings (SSSR count). The highest BCUT2D eigenvalue weighted by Gasteiger charge is 2.79. The predicted octanol–water partition coefficient (Wildman–Crippen LogP) is 3.88. The third-order valence-electron chi connectivity index (χ3n) is 5.21. The second kappa shape index (κ2) is 6.36. The van der Waals surface area contributed by atoms with Crippen molar-refractivity contribution < 1.29 is 19.1 Å². The summed E-state index contributed by atoms with van der Waals surface area (Å²) in [7, 11) is 0. The largest absolute Gasteiger partial charge is 0.466 e. The summed E-state index contributed by atoms with van der Waals surface area (Å²) in [6.07, 6.45) is 0. The first kappa shape index (κ1) is 18.0. The molecular weight excluding hydrogens is 389 g/mol. The van der Waals surface area contributed by atoms with Gasteiger partial charge in [0.15, 0.2) is 5.78 Å². The van der Waals surface area contributed by atoms with Crippen molar-refractivity contribution in [1.29, 1.82) is 0 Å². The Hall–Kier alpha value is -2.37. The Balaban J connectivity index is 1.82. The number of esters is 1. The molecule has 1 heterocycles. The van der Waals surface area contributed by atoms with Crippen molar-refractivity contribution in [2.24, 2.45) is 11.8 Å². The number of nitrogens with one attached hydrogen (secondary N) is 1. The molecule has 2 aliphatic rings. The third kappa shape index (κ3) is 2.57. The summed E-state index contributed by atoms with van der Waals surface area (Å²) in [5, 5.41) is 3.69. The predicted molar refractivity (Wildman–Crippen MR) is 101 cm³/mol. The zero-order valence-electron chi connectivity index (χ0n) is 14.3. The molecule has 7 heteroatoms. The molecule has 1 aliphatic heterocycles. The summed E-state index contributed by atoms with van der Waals surface area (Å²) in [5.41, 5.74) is 0.220. The number of ketones is 1. The highest BCUT2D eigenvalue weighted by Crippen LogP contribution is 2.66. The van der Waals surface area contributed by atoms with Crippen LogP contribution in [0.15, 0.2) is 42.5 Å². The van der Waals surface area contributed by atoms with Crippen LogP contribution >= 0.6 is 23.2 Å².